The average Bonchev–Trinajstić information content (AvgIpc) is 3.19. The molecule has 0 radical (unpaired) electrons. The van der Waals surface area contributed by atoms with Crippen LogP contribution in [0.3, 0.4) is 0 Å². The fraction of sp³-hybridized carbons (Fsp3) is 0.182. The number of ether oxygens (including phenoxy) is 3. The van der Waals surface area contributed by atoms with Gasteiger partial charge in [-0.1, -0.05) is 12.1 Å². The van der Waals surface area contributed by atoms with Gasteiger partial charge in [-0.3, -0.25) is 10.1 Å². The van der Waals surface area contributed by atoms with Crippen LogP contribution in [0, 0.1) is 5.82 Å². The number of carbonyl (C=O) groups excluding carboxylic acids is 1. The van der Waals surface area contributed by atoms with Crippen molar-refractivity contribution in [3.05, 3.63) is 70.5 Å². The van der Waals surface area contributed by atoms with Crippen LogP contribution in [0.15, 0.2) is 48.7 Å². The smallest absolute Gasteiger partial charge is 0.250 e. The van der Waals surface area contributed by atoms with Crippen molar-refractivity contribution in [2.24, 2.45) is 0 Å². The van der Waals surface area contributed by atoms with Gasteiger partial charge in [-0.05, 0) is 29.8 Å². The maximum Gasteiger partial charge on any atom is 0.250 e. The summed E-state index contributed by atoms with van der Waals surface area (Å²) in [6.45, 7) is 0. The van der Waals surface area contributed by atoms with Crippen LogP contribution in [0.1, 0.15) is 16.0 Å². The highest BCUT2D eigenvalue weighted by molar-refractivity contribution is 7.15. The Balaban J connectivity index is 1.66. The van der Waals surface area contributed by atoms with Crippen LogP contribution in [0.25, 0.3) is 6.08 Å². The lowest BCUT2D eigenvalue weighted by atomic mass is 10.1. The lowest BCUT2D eigenvalue weighted by molar-refractivity contribution is -0.111. The van der Waals surface area contributed by atoms with Crippen LogP contribution < -0.4 is 19.5 Å². The summed E-state index contributed by atoms with van der Waals surface area (Å²) in [5.74, 6) is 1.02. The topological polar surface area (TPSA) is 69.7 Å². The summed E-state index contributed by atoms with van der Waals surface area (Å²) in [6, 6.07) is 9.72. The summed E-state index contributed by atoms with van der Waals surface area (Å²) >= 11 is 1.37. The monoisotopic (exact) mass is 428 g/mol. The minimum Gasteiger partial charge on any atom is -0.496 e. The molecule has 0 unspecified atom stereocenters. The summed E-state index contributed by atoms with van der Waals surface area (Å²) in [4.78, 5) is 17.5. The highest BCUT2D eigenvalue weighted by Gasteiger charge is 2.11. The van der Waals surface area contributed by atoms with Gasteiger partial charge in [0.2, 0.25) is 5.91 Å². The van der Waals surface area contributed by atoms with Gasteiger partial charge in [0.25, 0.3) is 0 Å². The first-order chi connectivity index (χ1) is 14.5. The molecule has 8 heteroatoms. The number of methoxy groups -OCH3 is 3. The Morgan fingerprint density at radius 2 is 1.73 bits per heavy atom. The van der Waals surface area contributed by atoms with Gasteiger partial charge in [0.1, 0.15) is 11.6 Å². The summed E-state index contributed by atoms with van der Waals surface area (Å²) in [6.07, 6.45) is 5.34. The average molecular weight is 428 g/mol. The molecule has 0 aliphatic heterocycles. The number of amides is 1. The van der Waals surface area contributed by atoms with Gasteiger partial charge in [0.15, 0.2) is 16.6 Å². The molecule has 1 heterocycles. The number of anilines is 1. The number of hydrogen-bond donors (Lipinski definition) is 1. The van der Waals surface area contributed by atoms with Gasteiger partial charge in [-0.15, -0.1) is 11.3 Å². The number of carbonyl (C=O) groups is 1. The van der Waals surface area contributed by atoms with E-state index in [0.717, 1.165) is 10.4 Å². The number of halogens is 1. The lowest BCUT2D eigenvalue weighted by Gasteiger charge is -2.12. The van der Waals surface area contributed by atoms with Crippen LogP contribution >= 0.6 is 11.3 Å². The van der Waals surface area contributed by atoms with Crippen LogP contribution in [-0.2, 0) is 11.2 Å². The molecule has 0 aliphatic rings. The zero-order chi connectivity index (χ0) is 21.5. The van der Waals surface area contributed by atoms with Crippen molar-refractivity contribution in [2.45, 2.75) is 6.42 Å². The molecule has 0 atom stereocenters. The Labute approximate surface area is 177 Å². The van der Waals surface area contributed by atoms with Crippen molar-refractivity contribution >= 4 is 28.5 Å². The van der Waals surface area contributed by atoms with Gasteiger partial charge in [0.05, 0.1) is 21.3 Å². The van der Waals surface area contributed by atoms with Gasteiger partial charge < -0.3 is 14.2 Å². The highest BCUT2D eigenvalue weighted by Crippen LogP contribution is 2.35. The normalized spacial score (nSPS) is 10.8. The summed E-state index contributed by atoms with van der Waals surface area (Å²) in [5.41, 5.74) is 1.64. The molecule has 0 spiro atoms. The standard InChI is InChI=1S/C22H21FN2O4S/c1-27-18-12-20(29-3)19(28-2)11-15(18)6-9-21(26)25-22-24-13-17(30-22)10-14-4-7-16(23)8-5-14/h4-9,11-13H,10H2,1-3H3,(H,24,25,26)/b9-6+. The number of aromatic nitrogens is 1. The third kappa shape index (κ3) is 5.36. The fourth-order valence-corrected chi connectivity index (χ4v) is 3.60. The molecule has 3 rings (SSSR count). The molecule has 0 saturated carbocycles. The lowest BCUT2D eigenvalue weighted by Crippen LogP contribution is -2.07. The van der Waals surface area contributed by atoms with Crippen molar-refractivity contribution < 1.29 is 23.4 Å². The Bertz CT molecular complexity index is 1050. The number of nitrogens with zero attached hydrogens (tertiary/aromatic N) is 1. The summed E-state index contributed by atoms with van der Waals surface area (Å²) < 4.78 is 28.9. The van der Waals surface area contributed by atoms with E-state index in [9.17, 15) is 9.18 Å². The Morgan fingerprint density at radius 3 is 2.40 bits per heavy atom. The second-order valence-corrected chi connectivity index (χ2v) is 7.32. The van der Waals surface area contributed by atoms with Gasteiger partial charge >= 0.3 is 0 Å². The molecule has 30 heavy (non-hydrogen) atoms. The van der Waals surface area contributed by atoms with Crippen molar-refractivity contribution in [1.29, 1.82) is 0 Å². The van der Waals surface area contributed by atoms with Crippen molar-refractivity contribution in [3.8, 4) is 17.2 Å². The predicted molar refractivity (Wildman–Crippen MR) is 115 cm³/mol. The molecule has 0 saturated heterocycles. The number of thiazole rings is 1. The maximum atomic E-state index is 13.0. The van der Waals surface area contributed by atoms with Crippen LogP contribution in [0.2, 0.25) is 0 Å². The molecule has 1 amide bonds. The third-order valence-corrected chi connectivity index (χ3v) is 5.14. The van der Waals surface area contributed by atoms with E-state index >= 15 is 0 Å². The van der Waals surface area contributed by atoms with Crippen LogP contribution in [0.5, 0.6) is 17.2 Å². The predicted octanol–water partition coefficient (Wildman–Crippen LogP) is 4.55. The number of hydrogen-bond acceptors (Lipinski definition) is 6. The largest absolute Gasteiger partial charge is 0.496 e. The molecular weight excluding hydrogens is 407 g/mol. The Kier molecular flexibility index (Phi) is 7.03. The molecule has 6 nitrogen and oxygen atoms in total. The second-order valence-electron chi connectivity index (χ2n) is 6.21. The first-order valence-electron chi connectivity index (χ1n) is 9.00. The van der Waals surface area contributed by atoms with E-state index in [1.165, 1.54) is 43.8 Å². The first kappa shape index (κ1) is 21.3. The molecule has 2 aromatic carbocycles. The highest BCUT2D eigenvalue weighted by atomic mass is 32.1. The van der Waals surface area contributed by atoms with Crippen molar-refractivity contribution in [3.63, 3.8) is 0 Å². The van der Waals surface area contributed by atoms with Crippen molar-refractivity contribution in [1.82, 2.24) is 4.98 Å². The number of rotatable bonds is 8. The van der Waals surface area contributed by atoms with E-state index in [1.807, 2.05) is 0 Å². The molecule has 1 N–H and O–H groups in total. The first-order valence-corrected chi connectivity index (χ1v) is 9.82. The van der Waals surface area contributed by atoms with E-state index in [4.69, 9.17) is 14.2 Å². The van der Waals surface area contributed by atoms with Crippen LogP contribution in [-0.4, -0.2) is 32.2 Å². The van der Waals surface area contributed by atoms with E-state index in [1.54, 1.807) is 43.6 Å². The number of nitrogens with one attached hydrogen (secondary N) is 1. The maximum absolute atomic E-state index is 13.0. The summed E-state index contributed by atoms with van der Waals surface area (Å²) in [7, 11) is 4.62. The Hall–Kier alpha value is -3.39. The molecular formula is C22H21FN2O4S. The quantitative estimate of drug-likeness (QED) is 0.533. The van der Waals surface area contributed by atoms with Gasteiger partial charge in [-0.25, -0.2) is 9.37 Å². The molecule has 156 valence electrons. The minimum absolute atomic E-state index is 0.270. The van der Waals surface area contributed by atoms with Gasteiger partial charge in [0, 0.05) is 35.2 Å². The van der Waals surface area contributed by atoms with E-state index in [2.05, 4.69) is 10.3 Å². The zero-order valence-electron chi connectivity index (χ0n) is 16.8. The second kappa shape index (κ2) is 9.89. The number of benzene rings is 2. The van der Waals surface area contributed by atoms with E-state index in [-0.39, 0.29) is 11.7 Å². The van der Waals surface area contributed by atoms with E-state index in [0.29, 0.717) is 34.4 Å². The fourth-order valence-electron chi connectivity index (χ4n) is 2.75. The SMILES string of the molecule is COc1cc(OC)c(OC)cc1/C=C/C(=O)Nc1ncc(Cc2ccc(F)cc2)s1. The molecule has 3 aromatic rings. The molecule has 0 aliphatic carbocycles. The van der Waals surface area contributed by atoms with E-state index < -0.39 is 0 Å². The van der Waals surface area contributed by atoms with Gasteiger partial charge in [-0.2, -0.15) is 0 Å². The molecule has 0 bridgehead atoms. The third-order valence-electron chi connectivity index (χ3n) is 4.23. The van der Waals surface area contributed by atoms with Crippen LogP contribution in [0.4, 0.5) is 9.52 Å². The summed E-state index contributed by atoms with van der Waals surface area (Å²) in [5, 5.41) is 3.23. The molecule has 1 aromatic heterocycles. The Morgan fingerprint density at radius 1 is 1.07 bits per heavy atom. The van der Waals surface area contributed by atoms with Crippen molar-refractivity contribution in [2.75, 3.05) is 26.6 Å². The molecule has 0 fully saturated rings. The minimum atomic E-state index is -0.325. The zero-order valence-corrected chi connectivity index (χ0v) is 17.6.